The summed E-state index contributed by atoms with van der Waals surface area (Å²) in [5.74, 6) is -0.397. The first-order valence-corrected chi connectivity index (χ1v) is 7.48. The van der Waals surface area contributed by atoms with Gasteiger partial charge < -0.3 is 20.7 Å². The van der Waals surface area contributed by atoms with E-state index >= 15 is 0 Å². The number of nitro benzene ring substituents is 1. The topological polar surface area (TPSA) is 111 Å². The highest BCUT2D eigenvalue weighted by Gasteiger charge is 2.28. The molecule has 10 heteroatoms. The average molecular weight is 356 g/mol. The zero-order chi connectivity index (χ0) is 18.6. The van der Waals surface area contributed by atoms with E-state index in [1.165, 1.54) is 12.1 Å². The Kier molecular flexibility index (Phi) is 5.86. The fraction of sp³-hybridized carbons (Fsp3) is 0.400. The SMILES string of the molecule is CN1CC=C(c2ccc(OC(N)=O)c([N+](=O)[O-])c2NCC(F)F)CC1. The second-order valence-electron chi connectivity index (χ2n) is 5.53. The third-order valence-electron chi connectivity index (χ3n) is 3.73. The molecule has 2 rings (SSSR count). The van der Waals surface area contributed by atoms with E-state index in [0.29, 0.717) is 18.5 Å². The van der Waals surface area contributed by atoms with Crippen LogP contribution in [-0.2, 0) is 0 Å². The van der Waals surface area contributed by atoms with Crippen molar-refractivity contribution in [2.45, 2.75) is 12.8 Å². The zero-order valence-electron chi connectivity index (χ0n) is 13.5. The monoisotopic (exact) mass is 356 g/mol. The van der Waals surface area contributed by atoms with Crippen LogP contribution < -0.4 is 15.8 Å². The fourth-order valence-electron chi connectivity index (χ4n) is 2.59. The summed E-state index contributed by atoms with van der Waals surface area (Å²) in [7, 11) is 1.93. The summed E-state index contributed by atoms with van der Waals surface area (Å²) in [6.45, 7) is 0.589. The summed E-state index contributed by atoms with van der Waals surface area (Å²) in [5, 5.41) is 13.9. The van der Waals surface area contributed by atoms with Gasteiger partial charge in [-0.05, 0) is 31.2 Å². The summed E-state index contributed by atoms with van der Waals surface area (Å²) in [6, 6.07) is 2.74. The van der Waals surface area contributed by atoms with Crippen molar-refractivity contribution in [2.75, 3.05) is 32.0 Å². The maximum atomic E-state index is 12.6. The predicted molar refractivity (Wildman–Crippen MR) is 87.9 cm³/mol. The molecule has 0 saturated carbocycles. The maximum Gasteiger partial charge on any atom is 0.410 e. The molecule has 1 aromatic rings. The molecule has 0 atom stereocenters. The minimum Gasteiger partial charge on any atom is -0.403 e. The van der Waals surface area contributed by atoms with Crippen LogP contribution in [-0.4, -0.2) is 49.0 Å². The number of hydrogen-bond acceptors (Lipinski definition) is 6. The molecule has 0 saturated heterocycles. The first-order valence-electron chi connectivity index (χ1n) is 7.48. The number of primary amides is 1. The summed E-state index contributed by atoms with van der Waals surface area (Å²) < 4.78 is 29.9. The quantitative estimate of drug-likeness (QED) is 0.598. The van der Waals surface area contributed by atoms with Crippen LogP contribution in [0.25, 0.3) is 5.57 Å². The van der Waals surface area contributed by atoms with E-state index in [-0.39, 0.29) is 5.69 Å². The van der Waals surface area contributed by atoms with Gasteiger partial charge in [0.25, 0.3) is 6.43 Å². The molecule has 1 aliphatic heterocycles. The number of benzene rings is 1. The number of rotatable bonds is 6. The number of nitrogens with zero attached hydrogens (tertiary/aromatic N) is 2. The van der Waals surface area contributed by atoms with Gasteiger partial charge in [-0.25, -0.2) is 13.6 Å². The fourth-order valence-corrected chi connectivity index (χ4v) is 2.59. The van der Waals surface area contributed by atoms with Gasteiger partial charge in [0.1, 0.15) is 5.69 Å². The van der Waals surface area contributed by atoms with E-state index in [4.69, 9.17) is 5.73 Å². The highest BCUT2D eigenvalue weighted by molar-refractivity contribution is 5.86. The van der Waals surface area contributed by atoms with Crippen molar-refractivity contribution >= 4 is 23.0 Å². The normalized spacial score (nSPS) is 15.0. The summed E-state index contributed by atoms with van der Waals surface area (Å²) in [4.78, 5) is 23.7. The molecule has 0 aliphatic carbocycles. The number of likely N-dealkylation sites (N-methyl/N-ethyl adjacent to an activating group) is 1. The molecule has 3 N–H and O–H groups in total. The Bertz CT molecular complexity index is 709. The number of nitro groups is 1. The Morgan fingerprint density at radius 1 is 1.52 bits per heavy atom. The molecule has 0 aromatic heterocycles. The number of nitrogens with two attached hydrogens (primary N) is 1. The molecule has 0 unspecified atom stereocenters. The second kappa shape index (κ2) is 7.88. The Labute approximate surface area is 142 Å². The average Bonchev–Trinajstić information content (AvgIpc) is 2.52. The first-order chi connectivity index (χ1) is 11.8. The zero-order valence-corrected chi connectivity index (χ0v) is 13.5. The third kappa shape index (κ3) is 4.63. The number of alkyl halides is 2. The molecule has 0 bridgehead atoms. The molecule has 0 fully saturated rings. The van der Waals surface area contributed by atoms with Gasteiger partial charge in [0.15, 0.2) is 0 Å². The largest absolute Gasteiger partial charge is 0.410 e. The van der Waals surface area contributed by atoms with E-state index in [2.05, 4.69) is 15.0 Å². The van der Waals surface area contributed by atoms with E-state index in [0.717, 1.165) is 12.1 Å². The molecule has 0 radical (unpaired) electrons. The lowest BCUT2D eigenvalue weighted by molar-refractivity contribution is -0.384. The van der Waals surface area contributed by atoms with Crippen LogP contribution in [0.4, 0.5) is 25.0 Å². The Hall–Kier alpha value is -2.75. The summed E-state index contributed by atoms with van der Waals surface area (Å²) in [6.07, 6.45) is -1.45. The number of hydrogen-bond donors (Lipinski definition) is 2. The van der Waals surface area contributed by atoms with E-state index < -0.39 is 35.4 Å². The van der Waals surface area contributed by atoms with Crippen LogP contribution >= 0.6 is 0 Å². The molecular weight excluding hydrogens is 338 g/mol. The number of ether oxygens (including phenoxy) is 1. The second-order valence-corrected chi connectivity index (χ2v) is 5.53. The number of anilines is 1. The number of carbonyl (C=O) groups excluding carboxylic acids is 1. The van der Waals surface area contributed by atoms with Crippen molar-refractivity contribution in [3.05, 3.63) is 33.9 Å². The standard InChI is InChI=1S/C15H18F2N4O4/c1-20-6-4-9(5-7-20)10-2-3-11(25-15(18)22)14(21(23)24)13(10)19-8-12(16)17/h2-4,12,19H,5-8H2,1H3,(H2,18,22). The molecule has 1 aliphatic rings. The van der Waals surface area contributed by atoms with Gasteiger partial charge >= 0.3 is 11.8 Å². The number of nitrogens with one attached hydrogen (secondary N) is 1. The van der Waals surface area contributed by atoms with E-state index in [1.54, 1.807) is 0 Å². The van der Waals surface area contributed by atoms with Gasteiger partial charge in [-0.3, -0.25) is 10.1 Å². The highest BCUT2D eigenvalue weighted by atomic mass is 19.3. The molecule has 25 heavy (non-hydrogen) atoms. The lowest BCUT2D eigenvalue weighted by atomic mass is 9.96. The Morgan fingerprint density at radius 2 is 2.24 bits per heavy atom. The number of amides is 1. The lowest BCUT2D eigenvalue weighted by Crippen LogP contribution is -2.24. The molecule has 1 heterocycles. The van der Waals surface area contributed by atoms with Crippen LogP contribution in [0.5, 0.6) is 5.75 Å². The van der Waals surface area contributed by atoms with Crippen molar-refractivity contribution in [2.24, 2.45) is 5.73 Å². The number of halogens is 2. The van der Waals surface area contributed by atoms with Crippen LogP contribution in [0.1, 0.15) is 12.0 Å². The van der Waals surface area contributed by atoms with Gasteiger partial charge in [0.05, 0.1) is 11.5 Å². The van der Waals surface area contributed by atoms with Crippen LogP contribution in [0.3, 0.4) is 0 Å². The van der Waals surface area contributed by atoms with Crippen LogP contribution in [0.15, 0.2) is 18.2 Å². The van der Waals surface area contributed by atoms with Crippen LogP contribution in [0, 0.1) is 10.1 Å². The smallest absolute Gasteiger partial charge is 0.403 e. The summed E-state index contributed by atoms with van der Waals surface area (Å²) in [5.41, 5.74) is 5.43. The third-order valence-corrected chi connectivity index (χ3v) is 3.73. The molecule has 1 amide bonds. The minimum absolute atomic E-state index is 0.111. The van der Waals surface area contributed by atoms with E-state index in [1.807, 2.05) is 13.1 Å². The lowest BCUT2D eigenvalue weighted by Gasteiger charge is -2.24. The van der Waals surface area contributed by atoms with Gasteiger partial charge in [-0.1, -0.05) is 6.08 Å². The van der Waals surface area contributed by atoms with Gasteiger partial charge in [0, 0.05) is 18.7 Å². The Balaban J connectivity index is 2.55. The van der Waals surface area contributed by atoms with Gasteiger partial charge in [-0.15, -0.1) is 0 Å². The summed E-state index contributed by atoms with van der Waals surface area (Å²) >= 11 is 0. The van der Waals surface area contributed by atoms with Gasteiger partial charge in [0.2, 0.25) is 5.75 Å². The van der Waals surface area contributed by atoms with Crippen LogP contribution in [0.2, 0.25) is 0 Å². The van der Waals surface area contributed by atoms with Gasteiger partial charge in [-0.2, -0.15) is 0 Å². The van der Waals surface area contributed by atoms with Crippen molar-refractivity contribution in [1.82, 2.24) is 4.90 Å². The molecule has 136 valence electrons. The maximum absolute atomic E-state index is 12.6. The molecule has 1 aromatic carbocycles. The van der Waals surface area contributed by atoms with Crippen molar-refractivity contribution in [3.63, 3.8) is 0 Å². The molecule has 0 spiro atoms. The van der Waals surface area contributed by atoms with Crippen molar-refractivity contribution in [1.29, 1.82) is 0 Å². The molecular formula is C15H18F2N4O4. The highest BCUT2D eigenvalue weighted by Crippen LogP contribution is 2.41. The van der Waals surface area contributed by atoms with E-state index in [9.17, 15) is 23.7 Å². The number of carbonyl (C=O) groups is 1. The van der Waals surface area contributed by atoms with Crippen molar-refractivity contribution in [3.8, 4) is 5.75 Å². The Morgan fingerprint density at radius 3 is 2.76 bits per heavy atom. The minimum atomic E-state index is -2.71. The first kappa shape index (κ1) is 18.6. The van der Waals surface area contributed by atoms with Crippen molar-refractivity contribution < 1.29 is 23.2 Å². The predicted octanol–water partition coefficient (Wildman–Crippen LogP) is 2.45. The molecule has 8 nitrogen and oxygen atoms in total.